The maximum atomic E-state index is 11.2. The van der Waals surface area contributed by atoms with Crippen molar-refractivity contribution >= 4 is 12.0 Å². The maximum absolute atomic E-state index is 11.2. The minimum absolute atomic E-state index is 0.0228. The van der Waals surface area contributed by atoms with Crippen molar-refractivity contribution in [2.45, 2.75) is 32.6 Å². The fourth-order valence-electron chi connectivity index (χ4n) is 1.65. The van der Waals surface area contributed by atoms with Crippen molar-refractivity contribution in [3.63, 3.8) is 0 Å². The average Bonchev–Trinajstić information content (AvgIpc) is 2.43. The van der Waals surface area contributed by atoms with Crippen LogP contribution in [0.15, 0.2) is 23.2 Å². The minimum atomic E-state index is -1.13. The second-order valence-electron chi connectivity index (χ2n) is 5.38. The smallest absolute Gasteiger partial charge is 0.339 e. The number of methoxy groups -OCH3 is 1. The van der Waals surface area contributed by atoms with Gasteiger partial charge in [0.05, 0.1) is 12.7 Å². The molecule has 0 saturated carbocycles. The molecule has 0 amide bonds. The standard InChI is InChI=1S/C15H19NO6/c1-15(2,3)22-13(16-9-17)8-21-12-7-10(20-4)5-6-11(12)14(18)19/h5-7,13H,8H2,1-4H3,(H,18,19). The Balaban J connectivity index is 2.92. The third-order valence-electron chi connectivity index (χ3n) is 2.49. The third kappa shape index (κ3) is 5.55. The molecule has 0 bridgehead atoms. The molecule has 1 aromatic rings. The van der Waals surface area contributed by atoms with E-state index in [0.717, 1.165) is 0 Å². The predicted molar refractivity (Wildman–Crippen MR) is 78.2 cm³/mol. The summed E-state index contributed by atoms with van der Waals surface area (Å²) in [5, 5.41) is 9.15. The van der Waals surface area contributed by atoms with Crippen molar-refractivity contribution in [2.75, 3.05) is 13.7 Å². The lowest BCUT2D eigenvalue weighted by molar-refractivity contribution is -0.0714. The number of aliphatic imine (C=N–C) groups is 1. The van der Waals surface area contributed by atoms with Gasteiger partial charge in [-0.3, -0.25) is 0 Å². The summed E-state index contributed by atoms with van der Waals surface area (Å²) in [6, 6.07) is 4.34. The number of carbonyl (C=O) groups is 1. The molecule has 0 heterocycles. The lowest BCUT2D eigenvalue weighted by Gasteiger charge is -2.24. The van der Waals surface area contributed by atoms with Gasteiger partial charge in [-0.25, -0.2) is 9.59 Å². The first kappa shape index (κ1) is 17.7. The van der Waals surface area contributed by atoms with Crippen molar-refractivity contribution in [1.82, 2.24) is 0 Å². The zero-order chi connectivity index (χ0) is 16.8. The Kier molecular flexibility index (Phi) is 6.10. The molecule has 0 aliphatic heterocycles. The number of nitrogens with zero attached hydrogens (tertiary/aromatic N) is 1. The van der Waals surface area contributed by atoms with E-state index in [4.69, 9.17) is 19.3 Å². The summed E-state index contributed by atoms with van der Waals surface area (Å²) in [5.74, 6) is -0.576. The Bertz CT molecular complexity index is 572. The van der Waals surface area contributed by atoms with E-state index in [2.05, 4.69) is 4.99 Å². The zero-order valence-corrected chi connectivity index (χ0v) is 13.0. The van der Waals surface area contributed by atoms with E-state index < -0.39 is 17.8 Å². The number of carbonyl (C=O) groups excluding carboxylic acids is 1. The molecule has 120 valence electrons. The van der Waals surface area contributed by atoms with Gasteiger partial charge in [0.15, 0.2) is 6.23 Å². The van der Waals surface area contributed by atoms with Crippen LogP contribution in [0.5, 0.6) is 11.5 Å². The van der Waals surface area contributed by atoms with Crippen LogP contribution >= 0.6 is 0 Å². The molecule has 0 spiro atoms. The lowest BCUT2D eigenvalue weighted by Crippen LogP contribution is -2.30. The summed E-state index contributed by atoms with van der Waals surface area (Å²) in [6.45, 7) is 5.28. The Hall–Kier alpha value is -2.37. The monoisotopic (exact) mass is 309 g/mol. The summed E-state index contributed by atoms with van der Waals surface area (Å²) in [7, 11) is 1.46. The summed E-state index contributed by atoms with van der Waals surface area (Å²) < 4.78 is 16.0. The lowest BCUT2D eigenvalue weighted by atomic mass is 10.2. The SMILES string of the molecule is COc1ccc(C(=O)O)c(OCC(N=C=O)OC(C)(C)C)c1. The average molecular weight is 309 g/mol. The number of isocyanates is 1. The minimum Gasteiger partial charge on any atom is -0.497 e. The first-order chi connectivity index (χ1) is 10.3. The molecule has 1 rings (SSSR count). The van der Waals surface area contributed by atoms with E-state index >= 15 is 0 Å². The van der Waals surface area contributed by atoms with Gasteiger partial charge < -0.3 is 19.3 Å². The highest BCUT2D eigenvalue weighted by atomic mass is 16.6. The molecular formula is C15H19NO6. The Labute approximate surface area is 128 Å². The topological polar surface area (TPSA) is 94.4 Å². The zero-order valence-electron chi connectivity index (χ0n) is 13.0. The number of ether oxygens (including phenoxy) is 3. The maximum Gasteiger partial charge on any atom is 0.339 e. The van der Waals surface area contributed by atoms with E-state index in [9.17, 15) is 9.59 Å². The van der Waals surface area contributed by atoms with Gasteiger partial charge in [0.2, 0.25) is 6.08 Å². The largest absolute Gasteiger partial charge is 0.497 e. The van der Waals surface area contributed by atoms with Gasteiger partial charge in [0, 0.05) is 6.07 Å². The van der Waals surface area contributed by atoms with Crippen molar-refractivity contribution in [2.24, 2.45) is 4.99 Å². The molecule has 1 atom stereocenters. The number of hydrogen-bond donors (Lipinski definition) is 1. The fourth-order valence-corrected chi connectivity index (χ4v) is 1.65. The molecule has 0 fully saturated rings. The van der Waals surface area contributed by atoms with Gasteiger partial charge in [0.25, 0.3) is 0 Å². The molecule has 7 heteroatoms. The number of rotatable bonds is 7. The Morgan fingerprint density at radius 3 is 2.59 bits per heavy atom. The summed E-state index contributed by atoms with van der Waals surface area (Å²) >= 11 is 0. The van der Waals surface area contributed by atoms with Crippen LogP contribution in [0, 0.1) is 0 Å². The molecule has 1 unspecified atom stereocenters. The predicted octanol–water partition coefficient (Wildman–Crippen LogP) is 2.25. The van der Waals surface area contributed by atoms with Crippen LogP contribution in [0.25, 0.3) is 0 Å². The van der Waals surface area contributed by atoms with Crippen LogP contribution in [0.3, 0.4) is 0 Å². The molecule has 0 aliphatic carbocycles. The van der Waals surface area contributed by atoms with E-state index in [-0.39, 0.29) is 17.9 Å². The molecule has 7 nitrogen and oxygen atoms in total. The van der Waals surface area contributed by atoms with Crippen LogP contribution in [0.1, 0.15) is 31.1 Å². The van der Waals surface area contributed by atoms with E-state index in [1.54, 1.807) is 20.8 Å². The van der Waals surface area contributed by atoms with Gasteiger partial charge >= 0.3 is 5.97 Å². The highest BCUT2D eigenvalue weighted by Gasteiger charge is 2.20. The number of carboxylic acid groups (broad SMARTS) is 1. The van der Waals surface area contributed by atoms with Crippen LogP contribution in [-0.4, -0.2) is 42.7 Å². The highest BCUT2D eigenvalue weighted by Crippen LogP contribution is 2.25. The van der Waals surface area contributed by atoms with E-state index in [1.807, 2.05) is 0 Å². The van der Waals surface area contributed by atoms with Crippen molar-refractivity contribution in [1.29, 1.82) is 0 Å². The van der Waals surface area contributed by atoms with Gasteiger partial charge in [-0.2, -0.15) is 4.99 Å². The second-order valence-corrected chi connectivity index (χ2v) is 5.38. The highest BCUT2D eigenvalue weighted by molar-refractivity contribution is 5.91. The second kappa shape index (κ2) is 7.59. The summed E-state index contributed by atoms with van der Waals surface area (Å²) in [6.07, 6.45) is 0.532. The summed E-state index contributed by atoms with van der Waals surface area (Å²) in [4.78, 5) is 25.1. The van der Waals surface area contributed by atoms with Crippen LogP contribution in [0.2, 0.25) is 0 Å². The van der Waals surface area contributed by atoms with Gasteiger partial charge in [-0.1, -0.05) is 0 Å². The fraction of sp³-hybridized carbons (Fsp3) is 0.467. The number of carboxylic acids is 1. The van der Waals surface area contributed by atoms with Crippen LogP contribution in [0.4, 0.5) is 0 Å². The van der Waals surface area contributed by atoms with Gasteiger partial charge in [-0.05, 0) is 32.9 Å². The Morgan fingerprint density at radius 1 is 1.41 bits per heavy atom. The number of aromatic carboxylic acids is 1. The van der Waals surface area contributed by atoms with Crippen LogP contribution in [-0.2, 0) is 9.53 Å². The van der Waals surface area contributed by atoms with Crippen molar-refractivity contribution in [3.05, 3.63) is 23.8 Å². The molecule has 0 aliphatic rings. The van der Waals surface area contributed by atoms with E-state index in [1.165, 1.54) is 31.4 Å². The molecule has 22 heavy (non-hydrogen) atoms. The molecule has 0 saturated heterocycles. The van der Waals surface area contributed by atoms with Gasteiger partial charge in [-0.15, -0.1) is 0 Å². The van der Waals surface area contributed by atoms with E-state index in [0.29, 0.717) is 5.75 Å². The Morgan fingerprint density at radius 2 is 2.09 bits per heavy atom. The van der Waals surface area contributed by atoms with Crippen molar-refractivity contribution < 1.29 is 28.9 Å². The number of hydrogen-bond acceptors (Lipinski definition) is 6. The number of benzene rings is 1. The van der Waals surface area contributed by atoms with Gasteiger partial charge in [0.1, 0.15) is 23.7 Å². The molecular weight excluding hydrogens is 290 g/mol. The normalized spacial score (nSPS) is 12.2. The molecule has 1 N–H and O–H groups in total. The molecule has 1 aromatic carbocycles. The third-order valence-corrected chi connectivity index (χ3v) is 2.49. The first-order valence-corrected chi connectivity index (χ1v) is 6.55. The molecule has 0 radical (unpaired) electrons. The summed E-state index contributed by atoms with van der Waals surface area (Å²) in [5.41, 5.74) is -0.566. The molecule has 0 aromatic heterocycles. The quantitative estimate of drug-likeness (QED) is 0.613. The van der Waals surface area contributed by atoms with Crippen molar-refractivity contribution in [3.8, 4) is 11.5 Å². The first-order valence-electron chi connectivity index (χ1n) is 6.55. The van der Waals surface area contributed by atoms with Crippen LogP contribution < -0.4 is 9.47 Å².